The molecule has 0 bridgehead atoms. The molecule has 0 aliphatic carbocycles. The van der Waals surface area contributed by atoms with Gasteiger partial charge in [0.25, 0.3) is 0 Å². The van der Waals surface area contributed by atoms with E-state index in [-0.39, 0.29) is 12.1 Å². The predicted octanol–water partition coefficient (Wildman–Crippen LogP) is 2.62. The van der Waals surface area contributed by atoms with Crippen molar-refractivity contribution in [2.45, 2.75) is 58.5 Å². The Morgan fingerprint density at radius 3 is 2.85 bits per heavy atom. The summed E-state index contributed by atoms with van der Waals surface area (Å²) in [7, 11) is 0. The minimum absolute atomic E-state index is 0.0873. The van der Waals surface area contributed by atoms with Crippen LogP contribution in [0.3, 0.4) is 0 Å². The Morgan fingerprint density at radius 1 is 1.22 bits per heavy atom. The second kappa shape index (κ2) is 9.39. The highest BCUT2D eigenvalue weighted by Gasteiger charge is 2.14. The summed E-state index contributed by atoms with van der Waals surface area (Å²) in [4.78, 5) is 12.1. The molecule has 0 saturated carbocycles. The van der Waals surface area contributed by atoms with Gasteiger partial charge in [-0.25, -0.2) is 4.79 Å². The summed E-state index contributed by atoms with van der Waals surface area (Å²) < 4.78 is 7.91. The number of fused-ring (bicyclic) bond motifs is 1. The molecule has 0 saturated heterocycles. The van der Waals surface area contributed by atoms with Gasteiger partial charge in [-0.2, -0.15) is 0 Å². The molecule has 1 aromatic carbocycles. The molecule has 7 nitrogen and oxygen atoms in total. The number of nitrogens with zero attached hydrogens (tertiary/aromatic N) is 3. The van der Waals surface area contributed by atoms with Crippen LogP contribution in [0.5, 0.6) is 5.75 Å². The van der Waals surface area contributed by atoms with Crippen molar-refractivity contribution in [3.05, 3.63) is 41.5 Å². The van der Waals surface area contributed by atoms with Crippen molar-refractivity contribution in [3.8, 4) is 5.75 Å². The van der Waals surface area contributed by atoms with Gasteiger partial charge >= 0.3 is 6.03 Å². The Balaban J connectivity index is 1.37. The predicted molar refractivity (Wildman–Crippen MR) is 104 cm³/mol. The number of urea groups is 1. The summed E-state index contributed by atoms with van der Waals surface area (Å²) in [6.07, 6.45) is 5.28. The third-order valence-corrected chi connectivity index (χ3v) is 4.72. The first kappa shape index (κ1) is 19.2. The number of hydrogen-bond donors (Lipinski definition) is 2. The average Bonchev–Trinajstić information content (AvgIpc) is 2.88. The van der Waals surface area contributed by atoms with Crippen molar-refractivity contribution in [1.29, 1.82) is 0 Å². The van der Waals surface area contributed by atoms with Crippen molar-refractivity contribution in [2.75, 3.05) is 13.2 Å². The summed E-state index contributed by atoms with van der Waals surface area (Å²) in [5.74, 6) is 2.85. The standard InChI is InChI=1S/C20H29N5O2/c1-15-7-9-17(10-8-15)27-14-16(2)22-20(26)21-12-11-19-24-23-18-6-4-3-5-13-25(18)19/h7-10,16H,3-6,11-14H2,1-2H3,(H2,21,22,26). The van der Waals surface area contributed by atoms with Crippen molar-refractivity contribution in [2.24, 2.45) is 0 Å². The zero-order valence-corrected chi connectivity index (χ0v) is 16.2. The number of carbonyl (C=O) groups is 1. The molecule has 2 heterocycles. The van der Waals surface area contributed by atoms with Crippen LogP contribution in [-0.4, -0.2) is 40.0 Å². The Hall–Kier alpha value is -2.57. The maximum atomic E-state index is 12.1. The monoisotopic (exact) mass is 371 g/mol. The quantitative estimate of drug-likeness (QED) is 0.784. The lowest BCUT2D eigenvalue weighted by molar-refractivity contribution is 0.226. The molecule has 1 aliphatic heterocycles. The molecule has 2 amide bonds. The summed E-state index contributed by atoms with van der Waals surface area (Å²) in [5, 5.41) is 14.4. The van der Waals surface area contributed by atoms with E-state index in [9.17, 15) is 4.79 Å². The molecular weight excluding hydrogens is 342 g/mol. The van der Waals surface area contributed by atoms with E-state index in [0.717, 1.165) is 30.4 Å². The van der Waals surface area contributed by atoms with Gasteiger partial charge in [0.2, 0.25) is 0 Å². The molecule has 2 aromatic rings. The maximum Gasteiger partial charge on any atom is 0.315 e. The van der Waals surface area contributed by atoms with Crippen molar-refractivity contribution < 1.29 is 9.53 Å². The van der Waals surface area contributed by atoms with Crippen LogP contribution in [0.1, 0.15) is 43.4 Å². The molecule has 3 rings (SSSR count). The molecule has 0 radical (unpaired) electrons. The third kappa shape index (κ3) is 5.70. The fourth-order valence-electron chi connectivity index (χ4n) is 3.19. The van der Waals surface area contributed by atoms with E-state index in [2.05, 4.69) is 25.4 Å². The van der Waals surface area contributed by atoms with Gasteiger partial charge < -0.3 is 19.9 Å². The van der Waals surface area contributed by atoms with Crippen molar-refractivity contribution in [1.82, 2.24) is 25.4 Å². The minimum atomic E-state index is -0.189. The van der Waals surface area contributed by atoms with Crippen LogP contribution < -0.4 is 15.4 Å². The van der Waals surface area contributed by atoms with Crippen LogP contribution in [0.4, 0.5) is 4.79 Å². The lowest BCUT2D eigenvalue weighted by Crippen LogP contribution is -2.43. The fraction of sp³-hybridized carbons (Fsp3) is 0.550. The van der Waals surface area contributed by atoms with E-state index in [4.69, 9.17) is 4.74 Å². The lowest BCUT2D eigenvalue weighted by Gasteiger charge is -2.16. The molecule has 146 valence electrons. The molecule has 7 heteroatoms. The normalized spacial score (nSPS) is 14.7. The van der Waals surface area contributed by atoms with Gasteiger partial charge in [-0.1, -0.05) is 24.1 Å². The second-order valence-electron chi connectivity index (χ2n) is 7.17. The van der Waals surface area contributed by atoms with Crippen LogP contribution >= 0.6 is 0 Å². The first-order valence-electron chi connectivity index (χ1n) is 9.76. The number of ether oxygens (including phenoxy) is 1. The summed E-state index contributed by atoms with van der Waals surface area (Å²) in [6, 6.07) is 7.60. The minimum Gasteiger partial charge on any atom is -0.491 e. The van der Waals surface area contributed by atoms with Crippen molar-refractivity contribution in [3.63, 3.8) is 0 Å². The van der Waals surface area contributed by atoms with E-state index in [1.54, 1.807) is 0 Å². The average molecular weight is 371 g/mol. The summed E-state index contributed by atoms with van der Waals surface area (Å²) in [5.41, 5.74) is 1.19. The number of carbonyl (C=O) groups excluding carboxylic acids is 1. The van der Waals surface area contributed by atoms with E-state index in [1.807, 2.05) is 38.1 Å². The number of hydrogen-bond acceptors (Lipinski definition) is 4. The van der Waals surface area contributed by atoms with Gasteiger partial charge in [-0.05, 0) is 38.8 Å². The van der Waals surface area contributed by atoms with Gasteiger partial charge in [0.1, 0.15) is 24.0 Å². The Bertz CT molecular complexity index is 741. The first-order valence-corrected chi connectivity index (χ1v) is 9.76. The van der Waals surface area contributed by atoms with Gasteiger partial charge in [0, 0.05) is 25.9 Å². The summed E-state index contributed by atoms with van der Waals surface area (Å²) in [6.45, 7) is 5.91. The van der Waals surface area contributed by atoms with E-state index < -0.39 is 0 Å². The zero-order valence-electron chi connectivity index (χ0n) is 16.2. The number of aromatic nitrogens is 3. The fourth-order valence-corrected chi connectivity index (χ4v) is 3.19. The van der Waals surface area contributed by atoms with Gasteiger partial charge in [0.15, 0.2) is 0 Å². The second-order valence-corrected chi connectivity index (χ2v) is 7.17. The SMILES string of the molecule is Cc1ccc(OCC(C)NC(=O)NCCc2nnc3n2CCCCC3)cc1. The smallest absolute Gasteiger partial charge is 0.315 e. The van der Waals surface area contributed by atoms with Crippen molar-refractivity contribution >= 4 is 6.03 Å². The van der Waals surface area contributed by atoms with Crippen LogP contribution in [0.15, 0.2) is 24.3 Å². The Labute approximate surface area is 160 Å². The molecule has 0 spiro atoms. The van der Waals surface area contributed by atoms with Crippen LogP contribution in [-0.2, 0) is 19.4 Å². The third-order valence-electron chi connectivity index (χ3n) is 4.72. The molecule has 27 heavy (non-hydrogen) atoms. The highest BCUT2D eigenvalue weighted by Crippen LogP contribution is 2.14. The lowest BCUT2D eigenvalue weighted by atomic mass is 10.2. The highest BCUT2D eigenvalue weighted by molar-refractivity contribution is 5.74. The summed E-state index contributed by atoms with van der Waals surface area (Å²) >= 11 is 0. The molecule has 1 unspecified atom stereocenters. The Kier molecular flexibility index (Phi) is 6.68. The molecular formula is C20H29N5O2. The Morgan fingerprint density at radius 2 is 2.04 bits per heavy atom. The van der Waals surface area contributed by atoms with Gasteiger partial charge in [0.05, 0.1) is 6.04 Å². The molecule has 2 N–H and O–H groups in total. The molecule has 0 fully saturated rings. The van der Waals surface area contributed by atoms with Crippen LogP contribution in [0.25, 0.3) is 0 Å². The van der Waals surface area contributed by atoms with Gasteiger partial charge in [-0.3, -0.25) is 0 Å². The van der Waals surface area contributed by atoms with Crippen LogP contribution in [0, 0.1) is 6.92 Å². The number of nitrogens with one attached hydrogen (secondary N) is 2. The zero-order chi connectivity index (χ0) is 19.1. The topological polar surface area (TPSA) is 81.1 Å². The van der Waals surface area contributed by atoms with E-state index in [0.29, 0.717) is 19.6 Å². The number of benzene rings is 1. The van der Waals surface area contributed by atoms with Crippen LogP contribution in [0.2, 0.25) is 0 Å². The van der Waals surface area contributed by atoms with E-state index in [1.165, 1.54) is 24.8 Å². The molecule has 1 aliphatic rings. The molecule has 1 atom stereocenters. The largest absolute Gasteiger partial charge is 0.491 e. The number of amides is 2. The highest BCUT2D eigenvalue weighted by atomic mass is 16.5. The maximum absolute atomic E-state index is 12.1. The van der Waals surface area contributed by atoms with E-state index >= 15 is 0 Å². The molecule has 1 aromatic heterocycles. The first-order chi connectivity index (χ1) is 13.1. The number of rotatable bonds is 7. The number of aryl methyl sites for hydroxylation is 2. The van der Waals surface area contributed by atoms with Gasteiger partial charge in [-0.15, -0.1) is 10.2 Å².